The van der Waals surface area contributed by atoms with Gasteiger partial charge in [-0.3, -0.25) is 0 Å². The molecule has 0 saturated carbocycles. The van der Waals surface area contributed by atoms with Crippen LogP contribution in [-0.4, -0.2) is 37.1 Å². The molecule has 2 fully saturated rings. The standard InChI is InChI=1S/C17H34N2/c1-2-3-4-5-6-7-13-19-14-9-11-17(19)16-10-8-12-18-15-16/h16-18H,2-15H2,1H3. The third-order valence-corrected chi connectivity index (χ3v) is 5.09. The molecule has 0 spiro atoms. The van der Waals surface area contributed by atoms with E-state index in [0.717, 1.165) is 12.0 Å². The lowest BCUT2D eigenvalue weighted by Crippen LogP contribution is -2.43. The molecule has 112 valence electrons. The number of piperidine rings is 1. The van der Waals surface area contributed by atoms with Gasteiger partial charge in [-0.05, 0) is 64.2 Å². The number of unbranched alkanes of at least 4 members (excludes halogenated alkanes) is 5. The summed E-state index contributed by atoms with van der Waals surface area (Å²) in [5.41, 5.74) is 0. The van der Waals surface area contributed by atoms with Crippen LogP contribution in [0.3, 0.4) is 0 Å². The Morgan fingerprint density at radius 3 is 2.63 bits per heavy atom. The molecule has 0 aromatic carbocycles. The minimum atomic E-state index is 0.906. The van der Waals surface area contributed by atoms with Gasteiger partial charge in [-0.1, -0.05) is 39.0 Å². The molecule has 2 rings (SSSR count). The summed E-state index contributed by atoms with van der Waals surface area (Å²) < 4.78 is 0. The first kappa shape index (κ1) is 15.3. The van der Waals surface area contributed by atoms with Gasteiger partial charge in [-0.15, -0.1) is 0 Å². The van der Waals surface area contributed by atoms with E-state index in [1.165, 1.54) is 90.4 Å². The molecular formula is C17H34N2. The Hall–Kier alpha value is -0.0800. The van der Waals surface area contributed by atoms with E-state index in [4.69, 9.17) is 0 Å². The maximum absolute atomic E-state index is 3.60. The zero-order valence-electron chi connectivity index (χ0n) is 13.0. The molecule has 2 nitrogen and oxygen atoms in total. The maximum Gasteiger partial charge on any atom is 0.0136 e. The molecule has 0 amide bonds. The van der Waals surface area contributed by atoms with Gasteiger partial charge in [0, 0.05) is 6.04 Å². The van der Waals surface area contributed by atoms with E-state index in [1.54, 1.807) is 0 Å². The quantitative estimate of drug-likeness (QED) is 0.672. The Labute approximate surface area is 120 Å². The van der Waals surface area contributed by atoms with Gasteiger partial charge in [0.1, 0.15) is 0 Å². The highest BCUT2D eigenvalue weighted by molar-refractivity contribution is 4.87. The summed E-state index contributed by atoms with van der Waals surface area (Å²) in [6, 6.07) is 0.906. The Kier molecular flexibility index (Phi) is 7.23. The zero-order valence-corrected chi connectivity index (χ0v) is 13.0. The van der Waals surface area contributed by atoms with Crippen LogP contribution in [0.15, 0.2) is 0 Å². The van der Waals surface area contributed by atoms with Crippen molar-refractivity contribution in [2.45, 2.75) is 77.2 Å². The van der Waals surface area contributed by atoms with Crippen molar-refractivity contribution >= 4 is 0 Å². The SMILES string of the molecule is CCCCCCCCN1CCCC1C1CCCNC1. The van der Waals surface area contributed by atoms with Crippen LogP contribution in [-0.2, 0) is 0 Å². The van der Waals surface area contributed by atoms with E-state index < -0.39 is 0 Å². The molecule has 2 aliphatic heterocycles. The van der Waals surface area contributed by atoms with Crippen LogP contribution in [0, 0.1) is 5.92 Å². The molecule has 2 atom stereocenters. The summed E-state index contributed by atoms with van der Waals surface area (Å²) in [5.74, 6) is 0.941. The van der Waals surface area contributed by atoms with Gasteiger partial charge in [-0.25, -0.2) is 0 Å². The van der Waals surface area contributed by atoms with Gasteiger partial charge in [0.05, 0.1) is 0 Å². The molecule has 0 bridgehead atoms. The summed E-state index contributed by atoms with van der Waals surface area (Å²) in [6.45, 7) is 7.56. The van der Waals surface area contributed by atoms with E-state index in [2.05, 4.69) is 17.1 Å². The molecule has 2 saturated heterocycles. The van der Waals surface area contributed by atoms with Gasteiger partial charge < -0.3 is 10.2 Å². The highest BCUT2D eigenvalue weighted by Gasteiger charge is 2.31. The predicted octanol–water partition coefficient (Wildman–Crippen LogP) is 3.81. The molecule has 0 aromatic rings. The lowest BCUT2D eigenvalue weighted by atomic mass is 9.90. The van der Waals surface area contributed by atoms with Crippen molar-refractivity contribution < 1.29 is 0 Å². The van der Waals surface area contributed by atoms with Gasteiger partial charge in [0.25, 0.3) is 0 Å². The van der Waals surface area contributed by atoms with Crippen LogP contribution >= 0.6 is 0 Å². The van der Waals surface area contributed by atoms with E-state index in [9.17, 15) is 0 Å². The Morgan fingerprint density at radius 2 is 1.84 bits per heavy atom. The Morgan fingerprint density at radius 1 is 1.00 bits per heavy atom. The first-order chi connectivity index (χ1) is 9.42. The monoisotopic (exact) mass is 266 g/mol. The summed E-state index contributed by atoms with van der Waals surface area (Å²) >= 11 is 0. The second-order valence-corrected chi connectivity index (χ2v) is 6.62. The van der Waals surface area contributed by atoms with Crippen molar-refractivity contribution in [1.29, 1.82) is 0 Å². The topological polar surface area (TPSA) is 15.3 Å². The lowest BCUT2D eigenvalue weighted by Gasteiger charge is -2.34. The van der Waals surface area contributed by atoms with Crippen LogP contribution in [0.25, 0.3) is 0 Å². The molecule has 0 aromatic heterocycles. The highest BCUT2D eigenvalue weighted by atomic mass is 15.2. The van der Waals surface area contributed by atoms with Gasteiger partial charge in [-0.2, -0.15) is 0 Å². The van der Waals surface area contributed by atoms with Crippen molar-refractivity contribution in [1.82, 2.24) is 10.2 Å². The number of nitrogens with one attached hydrogen (secondary N) is 1. The molecule has 2 heterocycles. The van der Waals surface area contributed by atoms with E-state index in [-0.39, 0.29) is 0 Å². The number of hydrogen-bond acceptors (Lipinski definition) is 2. The van der Waals surface area contributed by atoms with Crippen LogP contribution in [0.4, 0.5) is 0 Å². The highest BCUT2D eigenvalue weighted by Crippen LogP contribution is 2.28. The van der Waals surface area contributed by atoms with Gasteiger partial charge in [0.2, 0.25) is 0 Å². The molecule has 19 heavy (non-hydrogen) atoms. The number of likely N-dealkylation sites (tertiary alicyclic amines) is 1. The Balaban J connectivity index is 1.61. The van der Waals surface area contributed by atoms with E-state index in [1.807, 2.05) is 0 Å². The number of rotatable bonds is 8. The average molecular weight is 266 g/mol. The van der Waals surface area contributed by atoms with E-state index in [0.29, 0.717) is 0 Å². The van der Waals surface area contributed by atoms with Crippen LogP contribution in [0.5, 0.6) is 0 Å². The minimum Gasteiger partial charge on any atom is -0.316 e. The third-order valence-electron chi connectivity index (χ3n) is 5.09. The smallest absolute Gasteiger partial charge is 0.0136 e. The fourth-order valence-electron chi connectivity index (χ4n) is 3.97. The second kappa shape index (κ2) is 8.97. The van der Waals surface area contributed by atoms with Crippen molar-refractivity contribution in [2.75, 3.05) is 26.2 Å². The second-order valence-electron chi connectivity index (χ2n) is 6.62. The van der Waals surface area contributed by atoms with E-state index >= 15 is 0 Å². The maximum atomic E-state index is 3.60. The molecular weight excluding hydrogens is 232 g/mol. The summed E-state index contributed by atoms with van der Waals surface area (Å²) in [4.78, 5) is 2.82. The van der Waals surface area contributed by atoms with Crippen molar-refractivity contribution in [3.05, 3.63) is 0 Å². The molecule has 0 aliphatic carbocycles. The molecule has 2 unspecified atom stereocenters. The zero-order chi connectivity index (χ0) is 13.3. The first-order valence-electron chi connectivity index (χ1n) is 8.86. The average Bonchev–Trinajstić information content (AvgIpc) is 2.92. The first-order valence-corrected chi connectivity index (χ1v) is 8.86. The number of nitrogens with zero attached hydrogens (tertiary/aromatic N) is 1. The van der Waals surface area contributed by atoms with Crippen LogP contribution in [0.2, 0.25) is 0 Å². The normalized spacial score (nSPS) is 28.9. The third kappa shape index (κ3) is 5.07. The van der Waals surface area contributed by atoms with Crippen molar-refractivity contribution in [3.8, 4) is 0 Å². The molecule has 2 heteroatoms. The van der Waals surface area contributed by atoms with Gasteiger partial charge >= 0.3 is 0 Å². The Bertz CT molecular complexity index is 223. The lowest BCUT2D eigenvalue weighted by molar-refractivity contribution is 0.163. The van der Waals surface area contributed by atoms with Gasteiger partial charge in [0.15, 0.2) is 0 Å². The van der Waals surface area contributed by atoms with Crippen molar-refractivity contribution in [2.24, 2.45) is 5.92 Å². The number of hydrogen-bond donors (Lipinski definition) is 1. The van der Waals surface area contributed by atoms with Crippen LogP contribution in [0.1, 0.15) is 71.1 Å². The minimum absolute atomic E-state index is 0.906. The largest absolute Gasteiger partial charge is 0.316 e. The van der Waals surface area contributed by atoms with Crippen molar-refractivity contribution in [3.63, 3.8) is 0 Å². The fourth-order valence-corrected chi connectivity index (χ4v) is 3.97. The predicted molar refractivity (Wildman–Crippen MR) is 83.6 cm³/mol. The fraction of sp³-hybridized carbons (Fsp3) is 1.00. The summed E-state index contributed by atoms with van der Waals surface area (Å²) in [7, 11) is 0. The molecule has 1 N–H and O–H groups in total. The summed E-state index contributed by atoms with van der Waals surface area (Å²) in [5, 5.41) is 3.60. The van der Waals surface area contributed by atoms with Crippen LogP contribution < -0.4 is 5.32 Å². The molecule has 0 radical (unpaired) electrons. The summed E-state index contributed by atoms with van der Waals surface area (Å²) in [6.07, 6.45) is 14.3. The molecule has 2 aliphatic rings.